The van der Waals surface area contributed by atoms with Gasteiger partial charge in [0.05, 0.1) is 12.8 Å². The van der Waals surface area contributed by atoms with Crippen LogP contribution >= 0.6 is 0 Å². The molecule has 0 aliphatic carbocycles. The van der Waals surface area contributed by atoms with E-state index in [-0.39, 0.29) is 0 Å². The quantitative estimate of drug-likeness (QED) is 0.813. The van der Waals surface area contributed by atoms with Crippen molar-refractivity contribution in [3.05, 3.63) is 23.8 Å². The van der Waals surface area contributed by atoms with E-state index in [4.69, 9.17) is 4.74 Å². The molecule has 3 nitrogen and oxygen atoms in total. The molecule has 1 fully saturated rings. The number of methoxy groups -OCH3 is 1. The van der Waals surface area contributed by atoms with Gasteiger partial charge in [0.15, 0.2) is 0 Å². The Kier molecular flexibility index (Phi) is 3.16. The Labute approximate surface area is 109 Å². The van der Waals surface area contributed by atoms with Crippen LogP contribution in [0.4, 0.5) is 5.69 Å². The number of likely N-dealkylation sites (tertiary alicyclic amines) is 1. The Bertz CT molecular complexity index is 433. The molecule has 1 aromatic rings. The first-order valence-electron chi connectivity index (χ1n) is 6.90. The standard InChI is InChI=1S/C15H22N2O/c1-16-9-4-6-13(16)11-17-10-8-12-5-3-7-14(18-2)15(12)17/h3,5,7,13H,4,6,8-11H2,1-2H3/t13-/m1/s1. The summed E-state index contributed by atoms with van der Waals surface area (Å²) in [4.78, 5) is 5.01. The van der Waals surface area contributed by atoms with Crippen molar-refractivity contribution in [2.75, 3.05) is 38.7 Å². The molecule has 0 bridgehead atoms. The normalized spacial score (nSPS) is 23.4. The highest BCUT2D eigenvalue weighted by molar-refractivity contribution is 5.67. The first kappa shape index (κ1) is 11.8. The fraction of sp³-hybridized carbons (Fsp3) is 0.600. The molecule has 3 rings (SSSR count). The van der Waals surface area contributed by atoms with Gasteiger partial charge in [0.2, 0.25) is 0 Å². The van der Waals surface area contributed by atoms with Gasteiger partial charge in [-0.2, -0.15) is 0 Å². The second-order valence-electron chi connectivity index (χ2n) is 5.44. The van der Waals surface area contributed by atoms with Crippen molar-refractivity contribution in [3.63, 3.8) is 0 Å². The highest BCUT2D eigenvalue weighted by atomic mass is 16.5. The Morgan fingerprint density at radius 3 is 2.94 bits per heavy atom. The summed E-state index contributed by atoms with van der Waals surface area (Å²) in [6.45, 7) is 3.53. The zero-order valence-corrected chi connectivity index (χ0v) is 11.4. The maximum Gasteiger partial charge on any atom is 0.142 e. The molecule has 2 aliphatic rings. The summed E-state index contributed by atoms with van der Waals surface area (Å²) in [6.07, 6.45) is 3.83. The van der Waals surface area contributed by atoms with Crippen molar-refractivity contribution in [3.8, 4) is 5.75 Å². The summed E-state index contributed by atoms with van der Waals surface area (Å²) < 4.78 is 5.52. The van der Waals surface area contributed by atoms with Gasteiger partial charge >= 0.3 is 0 Å². The molecule has 0 N–H and O–H groups in total. The van der Waals surface area contributed by atoms with Crippen LogP contribution in [-0.2, 0) is 6.42 Å². The smallest absolute Gasteiger partial charge is 0.142 e. The Balaban J connectivity index is 1.81. The zero-order chi connectivity index (χ0) is 12.5. The van der Waals surface area contributed by atoms with Crippen LogP contribution in [0.1, 0.15) is 18.4 Å². The fourth-order valence-electron chi connectivity index (χ4n) is 3.31. The number of likely N-dealkylation sites (N-methyl/N-ethyl adjacent to an activating group) is 1. The predicted molar refractivity (Wildman–Crippen MR) is 74.6 cm³/mol. The molecule has 0 amide bonds. The van der Waals surface area contributed by atoms with Crippen LogP contribution in [0.3, 0.4) is 0 Å². The molecule has 3 heteroatoms. The molecule has 2 heterocycles. The van der Waals surface area contributed by atoms with E-state index in [0.29, 0.717) is 6.04 Å². The largest absolute Gasteiger partial charge is 0.495 e. The lowest BCUT2D eigenvalue weighted by Crippen LogP contribution is -2.37. The lowest BCUT2D eigenvalue weighted by molar-refractivity contribution is 0.312. The number of anilines is 1. The van der Waals surface area contributed by atoms with Crippen LogP contribution in [0, 0.1) is 0 Å². The van der Waals surface area contributed by atoms with Gasteiger partial charge in [0, 0.05) is 19.1 Å². The van der Waals surface area contributed by atoms with Crippen molar-refractivity contribution in [2.24, 2.45) is 0 Å². The molecule has 1 saturated heterocycles. The first-order chi connectivity index (χ1) is 8.79. The van der Waals surface area contributed by atoms with E-state index in [9.17, 15) is 0 Å². The Hall–Kier alpha value is -1.22. The van der Waals surface area contributed by atoms with Crippen LogP contribution in [0.2, 0.25) is 0 Å². The molecule has 1 atom stereocenters. The lowest BCUT2D eigenvalue weighted by atomic mass is 10.1. The van der Waals surface area contributed by atoms with E-state index >= 15 is 0 Å². The molecule has 2 aliphatic heterocycles. The van der Waals surface area contributed by atoms with Gasteiger partial charge in [0.25, 0.3) is 0 Å². The molecule has 0 spiro atoms. The highest BCUT2D eigenvalue weighted by Crippen LogP contribution is 2.37. The molecule has 0 unspecified atom stereocenters. The number of para-hydroxylation sites is 1. The molecule has 0 radical (unpaired) electrons. The molecule has 98 valence electrons. The van der Waals surface area contributed by atoms with Crippen molar-refractivity contribution in [2.45, 2.75) is 25.3 Å². The maximum atomic E-state index is 5.52. The summed E-state index contributed by atoms with van der Waals surface area (Å²) >= 11 is 0. The fourth-order valence-corrected chi connectivity index (χ4v) is 3.31. The molecular formula is C15H22N2O. The summed E-state index contributed by atoms with van der Waals surface area (Å²) in [5, 5.41) is 0. The van der Waals surface area contributed by atoms with Crippen LogP contribution in [0.25, 0.3) is 0 Å². The zero-order valence-electron chi connectivity index (χ0n) is 11.4. The van der Waals surface area contributed by atoms with Gasteiger partial charge in [-0.1, -0.05) is 12.1 Å². The van der Waals surface area contributed by atoms with Crippen molar-refractivity contribution in [1.29, 1.82) is 0 Å². The van der Waals surface area contributed by atoms with Crippen LogP contribution in [0.15, 0.2) is 18.2 Å². The van der Waals surface area contributed by atoms with Crippen molar-refractivity contribution < 1.29 is 4.74 Å². The van der Waals surface area contributed by atoms with Gasteiger partial charge in [0.1, 0.15) is 5.75 Å². The van der Waals surface area contributed by atoms with Gasteiger partial charge in [-0.3, -0.25) is 0 Å². The molecule has 18 heavy (non-hydrogen) atoms. The lowest BCUT2D eigenvalue weighted by Gasteiger charge is -2.28. The average molecular weight is 246 g/mol. The summed E-state index contributed by atoms with van der Waals surface area (Å²) in [5.41, 5.74) is 2.77. The third-order valence-corrected chi connectivity index (χ3v) is 4.37. The number of benzene rings is 1. The van der Waals surface area contributed by atoms with Gasteiger partial charge in [-0.15, -0.1) is 0 Å². The predicted octanol–water partition coefficient (Wildman–Crippen LogP) is 2.15. The Morgan fingerprint density at radius 2 is 2.22 bits per heavy atom. The molecule has 0 aromatic heterocycles. The van der Waals surface area contributed by atoms with Gasteiger partial charge < -0.3 is 14.5 Å². The van der Waals surface area contributed by atoms with Crippen LogP contribution in [0.5, 0.6) is 5.75 Å². The Morgan fingerprint density at radius 1 is 1.33 bits per heavy atom. The number of hydrogen-bond donors (Lipinski definition) is 0. The molecule has 0 saturated carbocycles. The number of rotatable bonds is 3. The number of ether oxygens (including phenoxy) is 1. The van der Waals surface area contributed by atoms with Crippen molar-refractivity contribution >= 4 is 5.69 Å². The molecular weight excluding hydrogens is 224 g/mol. The third kappa shape index (κ3) is 1.97. The summed E-state index contributed by atoms with van der Waals surface area (Å²) in [7, 11) is 4.02. The summed E-state index contributed by atoms with van der Waals surface area (Å²) in [5.74, 6) is 1.03. The van der Waals surface area contributed by atoms with E-state index in [1.807, 2.05) is 0 Å². The minimum absolute atomic E-state index is 0.709. The van der Waals surface area contributed by atoms with Crippen molar-refractivity contribution in [1.82, 2.24) is 4.90 Å². The first-order valence-corrected chi connectivity index (χ1v) is 6.90. The van der Waals surface area contributed by atoms with E-state index in [1.54, 1.807) is 7.11 Å². The van der Waals surface area contributed by atoms with Gasteiger partial charge in [-0.05, 0) is 44.5 Å². The monoisotopic (exact) mass is 246 g/mol. The highest BCUT2D eigenvalue weighted by Gasteiger charge is 2.28. The second kappa shape index (κ2) is 4.81. The van der Waals surface area contributed by atoms with Gasteiger partial charge in [-0.25, -0.2) is 0 Å². The molecule has 1 aromatic carbocycles. The van der Waals surface area contributed by atoms with E-state index in [1.165, 1.54) is 30.6 Å². The SMILES string of the molecule is COc1cccc2c1N(C[C@H]1CCCN1C)CC2. The maximum absolute atomic E-state index is 5.52. The summed E-state index contributed by atoms with van der Waals surface area (Å²) in [6, 6.07) is 7.12. The topological polar surface area (TPSA) is 15.7 Å². The van der Waals surface area contributed by atoms with E-state index in [2.05, 4.69) is 35.0 Å². The number of fused-ring (bicyclic) bond motifs is 1. The minimum atomic E-state index is 0.709. The van der Waals surface area contributed by atoms with E-state index < -0.39 is 0 Å². The second-order valence-corrected chi connectivity index (χ2v) is 5.44. The van der Waals surface area contributed by atoms with Crippen LogP contribution < -0.4 is 9.64 Å². The number of hydrogen-bond acceptors (Lipinski definition) is 3. The van der Waals surface area contributed by atoms with E-state index in [0.717, 1.165) is 25.3 Å². The average Bonchev–Trinajstić information content (AvgIpc) is 2.97. The number of nitrogens with zero attached hydrogens (tertiary/aromatic N) is 2. The van der Waals surface area contributed by atoms with Crippen LogP contribution in [-0.4, -0.2) is 44.7 Å². The third-order valence-electron chi connectivity index (χ3n) is 4.37. The minimum Gasteiger partial charge on any atom is -0.495 e.